The lowest BCUT2D eigenvalue weighted by atomic mass is 9.98. The topological polar surface area (TPSA) is 75.7 Å². The summed E-state index contributed by atoms with van der Waals surface area (Å²) in [4.78, 5) is 12.9. The second kappa shape index (κ2) is 8.73. The molecule has 1 heterocycles. The van der Waals surface area contributed by atoms with E-state index in [0.29, 0.717) is 24.4 Å². The van der Waals surface area contributed by atoms with E-state index in [1.807, 2.05) is 32.0 Å². The van der Waals surface area contributed by atoms with E-state index in [0.717, 1.165) is 16.8 Å². The number of piperidine rings is 1. The Balaban J connectivity index is 1.80. The number of rotatable bonds is 5. The molecule has 8 heteroatoms. The molecule has 3 rings (SSSR count). The Morgan fingerprint density at radius 3 is 2.72 bits per heavy atom. The van der Waals surface area contributed by atoms with Gasteiger partial charge in [0.1, 0.15) is 10.6 Å². The van der Waals surface area contributed by atoms with E-state index in [9.17, 15) is 13.2 Å². The summed E-state index contributed by atoms with van der Waals surface area (Å²) in [6.07, 6.45) is 1.24. The number of hydrogen-bond donors (Lipinski definition) is 1. The van der Waals surface area contributed by atoms with Crippen molar-refractivity contribution in [2.45, 2.75) is 31.6 Å². The van der Waals surface area contributed by atoms with Crippen LogP contribution in [0.4, 0.5) is 5.69 Å². The third-order valence-electron chi connectivity index (χ3n) is 5.36. The van der Waals surface area contributed by atoms with Gasteiger partial charge in [0.05, 0.1) is 13.0 Å². The Bertz CT molecular complexity index is 1020. The number of methoxy groups -OCH3 is 1. The van der Waals surface area contributed by atoms with E-state index in [1.54, 1.807) is 6.07 Å². The van der Waals surface area contributed by atoms with Gasteiger partial charge in [-0.2, -0.15) is 4.31 Å². The van der Waals surface area contributed by atoms with Crippen LogP contribution >= 0.6 is 11.6 Å². The molecule has 0 unspecified atom stereocenters. The van der Waals surface area contributed by atoms with Gasteiger partial charge >= 0.3 is 0 Å². The SMILES string of the molecule is COc1ccc(Cl)cc1S(=O)(=O)N1CCC[C@H](C(=O)Nc2cccc(C)c2C)C1. The first kappa shape index (κ1) is 21.6. The van der Waals surface area contributed by atoms with Crippen molar-refractivity contribution >= 4 is 33.2 Å². The van der Waals surface area contributed by atoms with E-state index in [1.165, 1.54) is 23.5 Å². The molecular weight excluding hydrogens is 412 g/mol. The van der Waals surface area contributed by atoms with Crippen LogP contribution in [0.5, 0.6) is 5.75 Å². The number of carbonyl (C=O) groups is 1. The maximum Gasteiger partial charge on any atom is 0.246 e. The minimum atomic E-state index is -3.84. The third kappa shape index (κ3) is 4.57. The maximum atomic E-state index is 13.2. The van der Waals surface area contributed by atoms with Gasteiger partial charge in [-0.25, -0.2) is 8.42 Å². The zero-order valence-electron chi connectivity index (χ0n) is 16.7. The molecule has 1 N–H and O–H groups in total. The van der Waals surface area contributed by atoms with Gasteiger partial charge in [-0.15, -0.1) is 0 Å². The molecule has 1 aliphatic rings. The molecule has 0 radical (unpaired) electrons. The van der Waals surface area contributed by atoms with E-state index < -0.39 is 15.9 Å². The van der Waals surface area contributed by atoms with Crippen molar-refractivity contribution in [1.29, 1.82) is 0 Å². The minimum Gasteiger partial charge on any atom is -0.495 e. The number of benzene rings is 2. The number of nitrogens with zero attached hydrogens (tertiary/aromatic N) is 1. The average molecular weight is 437 g/mol. The van der Waals surface area contributed by atoms with Gasteiger partial charge in [-0.05, 0) is 62.1 Å². The molecule has 1 atom stereocenters. The van der Waals surface area contributed by atoms with Crippen molar-refractivity contribution in [1.82, 2.24) is 4.31 Å². The fraction of sp³-hybridized carbons (Fsp3) is 0.381. The van der Waals surface area contributed by atoms with Gasteiger partial charge in [0.25, 0.3) is 0 Å². The minimum absolute atomic E-state index is 0.0167. The molecule has 1 saturated heterocycles. The largest absolute Gasteiger partial charge is 0.495 e. The highest BCUT2D eigenvalue weighted by Gasteiger charge is 2.35. The molecule has 29 heavy (non-hydrogen) atoms. The lowest BCUT2D eigenvalue weighted by Crippen LogP contribution is -2.43. The summed E-state index contributed by atoms with van der Waals surface area (Å²) < 4.78 is 33.0. The summed E-state index contributed by atoms with van der Waals surface area (Å²) >= 11 is 6.01. The van der Waals surface area contributed by atoms with Crippen LogP contribution in [-0.2, 0) is 14.8 Å². The normalized spacial score (nSPS) is 17.7. The number of nitrogens with one attached hydrogen (secondary N) is 1. The summed E-state index contributed by atoms with van der Waals surface area (Å²) in [6, 6.07) is 10.2. The van der Waals surface area contributed by atoms with Gasteiger partial charge < -0.3 is 10.1 Å². The molecule has 0 spiro atoms. The number of halogens is 1. The smallest absolute Gasteiger partial charge is 0.246 e. The van der Waals surface area contributed by atoms with E-state index in [-0.39, 0.29) is 23.1 Å². The molecule has 156 valence electrons. The lowest BCUT2D eigenvalue weighted by molar-refractivity contribution is -0.120. The summed E-state index contributed by atoms with van der Waals surface area (Å²) in [6.45, 7) is 4.41. The van der Waals surface area contributed by atoms with Gasteiger partial charge in [-0.1, -0.05) is 23.7 Å². The van der Waals surface area contributed by atoms with Gasteiger partial charge in [0.15, 0.2) is 0 Å². The van der Waals surface area contributed by atoms with Gasteiger partial charge in [0.2, 0.25) is 15.9 Å². The van der Waals surface area contributed by atoms with Crippen LogP contribution in [0.3, 0.4) is 0 Å². The predicted molar refractivity (Wildman–Crippen MR) is 114 cm³/mol. The predicted octanol–water partition coefficient (Wildman–Crippen LogP) is 4.00. The van der Waals surface area contributed by atoms with Crippen LogP contribution in [0, 0.1) is 19.8 Å². The number of aryl methyl sites for hydroxylation is 1. The second-order valence-corrected chi connectivity index (χ2v) is 9.58. The monoisotopic (exact) mass is 436 g/mol. The molecule has 1 amide bonds. The zero-order valence-corrected chi connectivity index (χ0v) is 18.3. The van der Waals surface area contributed by atoms with Crippen LogP contribution in [-0.4, -0.2) is 38.8 Å². The van der Waals surface area contributed by atoms with Crippen molar-refractivity contribution in [3.8, 4) is 5.75 Å². The maximum absolute atomic E-state index is 13.2. The highest BCUT2D eigenvalue weighted by molar-refractivity contribution is 7.89. The third-order valence-corrected chi connectivity index (χ3v) is 7.48. The van der Waals surface area contributed by atoms with Crippen LogP contribution in [0.25, 0.3) is 0 Å². The van der Waals surface area contributed by atoms with E-state index >= 15 is 0 Å². The number of hydrogen-bond acceptors (Lipinski definition) is 4. The fourth-order valence-electron chi connectivity index (χ4n) is 3.49. The molecule has 0 aliphatic carbocycles. The number of ether oxygens (including phenoxy) is 1. The average Bonchev–Trinajstić information content (AvgIpc) is 2.71. The number of amides is 1. The highest BCUT2D eigenvalue weighted by Crippen LogP contribution is 2.32. The van der Waals surface area contributed by atoms with Crippen molar-refractivity contribution in [2.75, 3.05) is 25.5 Å². The summed E-state index contributed by atoms with van der Waals surface area (Å²) in [7, 11) is -2.42. The molecule has 1 fully saturated rings. The quantitative estimate of drug-likeness (QED) is 0.768. The van der Waals surface area contributed by atoms with Crippen molar-refractivity contribution < 1.29 is 17.9 Å². The molecule has 0 saturated carbocycles. The Hall–Kier alpha value is -2.09. The van der Waals surface area contributed by atoms with Crippen molar-refractivity contribution in [2.24, 2.45) is 5.92 Å². The lowest BCUT2D eigenvalue weighted by Gasteiger charge is -2.31. The summed E-state index contributed by atoms with van der Waals surface area (Å²) in [5.41, 5.74) is 2.85. The Kier molecular flexibility index (Phi) is 6.51. The Labute approximate surface area is 176 Å². The van der Waals surface area contributed by atoms with Crippen LogP contribution in [0.1, 0.15) is 24.0 Å². The van der Waals surface area contributed by atoms with Crippen LogP contribution in [0.2, 0.25) is 5.02 Å². The molecule has 0 bridgehead atoms. The first-order chi connectivity index (χ1) is 13.7. The number of anilines is 1. The second-order valence-electron chi connectivity index (χ2n) is 7.23. The number of sulfonamides is 1. The highest BCUT2D eigenvalue weighted by atomic mass is 35.5. The molecule has 0 aromatic heterocycles. The fourth-order valence-corrected chi connectivity index (χ4v) is 5.43. The van der Waals surface area contributed by atoms with Crippen molar-refractivity contribution in [3.05, 3.63) is 52.5 Å². The summed E-state index contributed by atoms with van der Waals surface area (Å²) in [5.74, 6) is -0.364. The van der Waals surface area contributed by atoms with Crippen LogP contribution < -0.4 is 10.1 Å². The molecule has 6 nitrogen and oxygen atoms in total. The standard InChI is InChI=1S/C21H25ClN2O4S/c1-14-6-4-8-18(15(14)2)23-21(25)16-7-5-11-24(13-16)29(26,27)20-12-17(22)9-10-19(20)28-3/h4,6,8-10,12,16H,5,7,11,13H2,1-3H3,(H,23,25)/t16-/m0/s1. The van der Waals surface area contributed by atoms with E-state index in [2.05, 4.69) is 5.32 Å². The Morgan fingerprint density at radius 1 is 1.24 bits per heavy atom. The molecule has 2 aromatic rings. The first-order valence-corrected chi connectivity index (χ1v) is 11.3. The zero-order chi connectivity index (χ0) is 21.2. The molecule has 2 aromatic carbocycles. The first-order valence-electron chi connectivity index (χ1n) is 9.45. The number of carbonyl (C=O) groups excluding carboxylic acids is 1. The van der Waals surface area contributed by atoms with Crippen LogP contribution in [0.15, 0.2) is 41.3 Å². The van der Waals surface area contributed by atoms with Gasteiger partial charge in [0, 0.05) is 23.8 Å². The Morgan fingerprint density at radius 2 is 2.00 bits per heavy atom. The van der Waals surface area contributed by atoms with Crippen molar-refractivity contribution in [3.63, 3.8) is 0 Å². The summed E-state index contributed by atoms with van der Waals surface area (Å²) in [5, 5.41) is 3.27. The molecule has 1 aliphatic heterocycles. The van der Waals surface area contributed by atoms with E-state index in [4.69, 9.17) is 16.3 Å². The molecular formula is C21H25ClN2O4S. The van der Waals surface area contributed by atoms with Gasteiger partial charge in [-0.3, -0.25) is 4.79 Å².